The first-order valence-corrected chi connectivity index (χ1v) is 6.83. The van der Waals surface area contributed by atoms with Crippen LogP contribution < -0.4 is 5.32 Å². The van der Waals surface area contributed by atoms with Gasteiger partial charge in [-0.2, -0.15) is 0 Å². The van der Waals surface area contributed by atoms with Crippen LogP contribution in [0.5, 0.6) is 0 Å². The summed E-state index contributed by atoms with van der Waals surface area (Å²) >= 11 is 0. The summed E-state index contributed by atoms with van der Waals surface area (Å²) in [4.78, 5) is 0. The van der Waals surface area contributed by atoms with E-state index < -0.39 is 0 Å². The standard InChI is InChI=1S/C16H20N2/c1-13-6-4-9-16(13)17-14-7-5-8-15(12-14)18-10-2-3-11-18/h2-3,5,7-8,10-13,16-17H,4,6,9H2,1H3. The molecule has 1 saturated carbocycles. The van der Waals surface area contributed by atoms with E-state index in [-0.39, 0.29) is 0 Å². The van der Waals surface area contributed by atoms with Gasteiger partial charge in [0.2, 0.25) is 0 Å². The van der Waals surface area contributed by atoms with Gasteiger partial charge in [0.05, 0.1) is 0 Å². The van der Waals surface area contributed by atoms with E-state index in [1.54, 1.807) is 0 Å². The van der Waals surface area contributed by atoms with Gasteiger partial charge in [-0.25, -0.2) is 0 Å². The van der Waals surface area contributed by atoms with Gasteiger partial charge in [-0.1, -0.05) is 19.4 Å². The molecule has 1 aliphatic carbocycles. The Labute approximate surface area is 109 Å². The van der Waals surface area contributed by atoms with Crippen molar-refractivity contribution in [3.8, 4) is 5.69 Å². The van der Waals surface area contributed by atoms with Crippen molar-refractivity contribution in [2.24, 2.45) is 5.92 Å². The van der Waals surface area contributed by atoms with Gasteiger partial charge in [0.25, 0.3) is 0 Å². The molecule has 2 heteroatoms. The summed E-state index contributed by atoms with van der Waals surface area (Å²) in [6.07, 6.45) is 8.18. The molecule has 1 aliphatic rings. The Kier molecular flexibility index (Phi) is 3.09. The normalized spacial score (nSPS) is 23.2. The average molecular weight is 240 g/mol. The molecule has 2 nitrogen and oxygen atoms in total. The van der Waals surface area contributed by atoms with Crippen LogP contribution in [0.2, 0.25) is 0 Å². The summed E-state index contributed by atoms with van der Waals surface area (Å²) in [5.74, 6) is 0.792. The summed E-state index contributed by atoms with van der Waals surface area (Å²) in [7, 11) is 0. The molecule has 1 aromatic carbocycles. The van der Waals surface area contributed by atoms with E-state index in [4.69, 9.17) is 0 Å². The van der Waals surface area contributed by atoms with Gasteiger partial charge in [-0.15, -0.1) is 0 Å². The van der Waals surface area contributed by atoms with Gasteiger partial charge >= 0.3 is 0 Å². The molecule has 0 saturated heterocycles. The smallest absolute Gasteiger partial charge is 0.0469 e. The van der Waals surface area contributed by atoms with Crippen LogP contribution in [0.3, 0.4) is 0 Å². The highest BCUT2D eigenvalue weighted by molar-refractivity contribution is 5.52. The molecule has 2 unspecified atom stereocenters. The van der Waals surface area contributed by atoms with Crippen LogP contribution in [0.1, 0.15) is 26.2 Å². The monoisotopic (exact) mass is 240 g/mol. The first-order valence-electron chi connectivity index (χ1n) is 6.83. The minimum atomic E-state index is 0.643. The second kappa shape index (κ2) is 4.89. The van der Waals surface area contributed by atoms with Crippen LogP contribution in [-0.2, 0) is 0 Å². The first-order chi connectivity index (χ1) is 8.83. The third-order valence-corrected chi connectivity index (χ3v) is 3.96. The Bertz CT molecular complexity index is 502. The largest absolute Gasteiger partial charge is 0.382 e. The first kappa shape index (κ1) is 11.4. The summed E-state index contributed by atoms with van der Waals surface area (Å²) in [5.41, 5.74) is 2.45. The third-order valence-electron chi connectivity index (χ3n) is 3.96. The van der Waals surface area contributed by atoms with Crippen LogP contribution in [0, 0.1) is 5.92 Å². The quantitative estimate of drug-likeness (QED) is 0.855. The lowest BCUT2D eigenvalue weighted by Crippen LogP contribution is -2.21. The van der Waals surface area contributed by atoms with E-state index in [0.29, 0.717) is 6.04 Å². The van der Waals surface area contributed by atoms with Gasteiger partial charge < -0.3 is 9.88 Å². The molecule has 18 heavy (non-hydrogen) atoms. The summed E-state index contributed by atoms with van der Waals surface area (Å²) < 4.78 is 2.14. The lowest BCUT2D eigenvalue weighted by atomic mass is 10.1. The second-order valence-electron chi connectivity index (χ2n) is 5.30. The van der Waals surface area contributed by atoms with Crippen LogP contribution in [0.25, 0.3) is 5.69 Å². The van der Waals surface area contributed by atoms with E-state index in [9.17, 15) is 0 Å². The molecule has 0 bridgehead atoms. The Balaban J connectivity index is 1.79. The van der Waals surface area contributed by atoms with Gasteiger partial charge in [0.1, 0.15) is 0 Å². The number of rotatable bonds is 3. The van der Waals surface area contributed by atoms with E-state index in [0.717, 1.165) is 5.92 Å². The molecule has 0 spiro atoms. The van der Waals surface area contributed by atoms with Crippen molar-refractivity contribution >= 4 is 5.69 Å². The fourth-order valence-electron chi connectivity index (χ4n) is 2.84. The zero-order chi connectivity index (χ0) is 12.4. The average Bonchev–Trinajstić information content (AvgIpc) is 3.02. The summed E-state index contributed by atoms with van der Waals surface area (Å²) in [6, 6.07) is 13.4. The maximum Gasteiger partial charge on any atom is 0.0469 e. The fourth-order valence-corrected chi connectivity index (χ4v) is 2.84. The van der Waals surface area contributed by atoms with Crippen molar-refractivity contribution in [2.45, 2.75) is 32.2 Å². The zero-order valence-corrected chi connectivity index (χ0v) is 10.8. The molecule has 2 atom stereocenters. The van der Waals surface area contributed by atoms with E-state index in [1.807, 2.05) is 0 Å². The third kappa shape index (κ3) is 2.28. The van der Waals surface area contributed by atoms with Crippen molar-refractivity contribution in [1.29, 1.82) is 0 Å². The second-order valence-corrected chi connectivity index (χ2v) is 5.30. The minimum absolute atomic E-state index is 0.643. The molecule has 3 rings (SSSR count). The molecular formula is C16H20N2. The number of hydrogen-bond acceptors (Lipinski definition) is 1. The Morgan fingerprint density at radius 2 is 1.94 bits per heavy atom. The van der Waals surface area contributed by atoms with Crippen LogP contribution in [0.15, 0.2) is 48.8 Å². The molecule has 2 aromatic rings. The topological polar surface area (TPSA) is 17.0 Å². The summed E-state index contributed by atoms with van der Waals surface area (Å²) in [5, 5.41) is 3.68. The molecule has 1 aromatic heterocycles. The van der Waals surface area contributed by atoms with Gasteiger partial charge in [-0.05, 0) is 49.1 Å². The van der Waals surface area contributed by atoms with Crippen LogP contribution >= 0.6 is 0 Å². The van der Waals surface area contributed by atoms with Crippen molar-refractivity contribution in [1.82, 2.24) is 4.57 Å². The van der Waals surface area contributed by atoms with Gasteiger partial charge in [-0.3, -0.25) is 0 Å². The van der Waals surface area contributed by atoms with Gasteiger partial charge in [0, 0.05) is 29.8 Å². The number of anilines is 1. The van der Waals surface area contributed by atoms with E-state index in [1.165, 1.54) is 30.6 Å². The highest BCUT2D eigenvalue weighted by Crippen LogP contribution is 2.28. The highest BCUT2D eigenvalue weighted by atomic mass is 15.0. The number of hydrogen-bond donors (Lipinski definition) is 1. The maximum absolute atomic E-state index is 3.68. The predicted molar refractivity (Wildman–Crippen MR) is 76.2 cm³/mol. The van der Waals surface area contributed by atoms with E-state index >= 15 is 0 Å². The number of nitrogens with one attached hydrogen (secondary N) is 1. The Morgan fingerprint density at radius 1 is 1.11 bits per heavy atom. The van der Waals surface area contributed by atoms with Crippen molar-refractivity contribution in [3.05, 3.63) is 48.8 Å². The molecule has 0 amide bonds. The predicted octanol–water partition coefficient (Wildman–Crippen LogP) is 4.08. The molecule has 1 N–H and O–H groups in total. The lowest BCUT2D eigenvalue weighted by Gasteiger charge is -2.19. The fraction of sp³-hybridized carbons (Fsp3) is 0.375. The number of aromatic nitrogens is 1. The molecule has 0 radical (unpaired) electrons. The lowest BCUT2D eigenvalue weighted by molar-refractivity contribution is 0.556. The minimum Gasteiger partial charge on any atom is -0.382 e. The van der Waals surface area contributed by atoms with Crippen LogP contribution in [0.4, 0.5) is 5.69 Å². The summed E-state index contributed by atoms with van der Waals surface area (Å²) in [6.45, 7) is 2.35. The molecule has 0 aliphatic heterocycles. The Morgan fingerprint density at radius 3 is 2.67 bits per heavy atom. The maximum atomic E-state index is 3.68. The Hall–Kier alpha value is -1.70. The highest BCUT2D eigenvalue weighted by Gasteiger charge is 2.22. The molecule has 1 fully saturated rings. The molecule has 94 valence electrons. The molecular weight excluding hydrogens is 220 g/mol. The number of nitrogens with zero attached hydrogens (tertiary/aromatic N) is 1. The number of benzene rings is 1. The SMILES string of the molecule is CC1CCCC1Nc1cccc(-n2cccc2)c1. The molecule has 1 heterocycles. The van der Waals surface area contributed by atoms with Crippen molar-refractivity contribution < 1.29 is 0 Å². The van der Waals surface area contributed by atoms with Crippen molar-refractivity contribution in [3.63, 3.8) is 0 Å². The van der Waals surface area contributed by atoms with Crippen molar-refractivity contribution in [2.75, 3.05) is 5.32 Å². The van der Waals surface area contributed by atoms with Crippen LogP contribution in [-0.4, -0.2) is 10.6 Å². The van der Waals surface area contributed by atoms with E-state index in [2.05, 4.69) is 65.6 Å². The zero-order valence-electron chi connectivity index (χ0n) is 10.8. The van der Waals surface area contributed by atoms with Gasteiger partial charge in [0.15, 0.2) is 0 Å².